The van der Waals surface area contributed by atoms with Gasteiger partial charge in [0.1, 0.15) is 0 Å². The minimum absolute atomic E-state index is 0. The van der Waals surface area contributed by atoms with Crippen molar-refractivity contribution in [2.45, 2.75) is 0 Å². The van der Waals surface area contributed by atoms with Gasteiger partial charge in [-0.05, 0) is 0 Å². The average molecular weight is 182 g/mol. The Balaban J connectivity index is 0.000000490. The summed E-state index contributed by atoms with van der Waals surface area (Å²) in [5.41, 5.74) is 5.90. The minimum Gasteiger partial charge on any atom is -0.431 e. The summed E-state index contributed by atoms with van der Waals surface area (Å²) in [5.74, 6) is 0. The van der Waals surface area contributed by atoms with E-state index in [1.807, 2.05) is 0 Å². The number of nitrogens with zero attached hydrogens (tertiary/aromatic N) is 1. The molecule has 0 aliphatic rings. The van der Waals surface area contributed by atoms with Crippen LogP contribution in [-0.4, -0.2) is 4.98 Å². The molecule has 0 fully saturated rings. The SMILES string of the molecule is Nc1[c-]cncc1.[Y]. The number of hydrogen-bond acceptors (Lipinski definition) is 2. The van der Waals surface area contributed by atoms with Crippen LogP contribution in [0, 0.1) is 6.07 Å². The molecule has 1 aromatic rings. The molecule has 0 aromatic carbocycles. The van der Waals surface area contributed by atoms with Crippen LogP contribution in [0.15, 0.2) is 18.5 Å². The van der Waals surface area contributed by atoms with Crippen LogP contribution in [0.5, 0.6) is 0 Å². The van der Waals surface area contributed by atoms with E-state index < -0.39 is 0 Å². The third-order valence-electron chi connectivity index (χ3n) is 0.646. The number of anilines is 1. The standard InChI is InChI=1S/C5H5N2.Y/c6-5-1-3-7-4-2-5;/h1,3-4H,(H2,6,7);/q-1;. The largest absolute Gasteiger partial charge is 0.431 e. The number of nitrogens with two attached hydrogens (primary N) is 1. The van der Waals surface area contributed by atoms with Crippen molar-refractivity contribution in [3.05, 3.63) is 24.5 Å². The Morgan fingerprint density at radius 3 is 2.62 bits per heavy atom. The van der Waals surface area contributed by atoms with E-state index >= 15 is 0 Å². The monoisotopic (exact) mass is 182 g/mol. The zero-order valence-electron chi connectivity index (χ0n) is 4.33. The van der Waals surface area contributed by atoms with Gasteiger partial charge in [0.15, 0.2) is 0 Å². The molecule has 39 valence electrons. The number of aromatic nitrogens is 1. The molecule has 8 heavy (non-hydrogen) atoms. The molecule has 1 radical (unpaired) electrons. The van der Waals surface area contributed by atoms with Crippen molar-refractivity contribution < 1.29 is 32.7 Å². The molecule has 1 heterocycles. The van der Waals surface area contributed by atoms with Gasteiger partial charge in [0.2, 0.25) is 0 Å². The van der Waals surface area contributed by atoms with Crippen molar-refractivity contribution in [1.29, 1.82) is 0 Å². The topological polar surface area (TPSA) is 38.9 Å². The molecule has 0 unspecified atom stereocenters. The summed E-state index contributed by atoms with van der Waals surface area (Å²) in [6, 6.07) is 4.39. The van der Waals surface area contributed by atoms with E-state index in [0.717, 1.165) is 0 Å². The zero-order valence-corrected chi connectivity index (χ0v) is 7.17. The van der Waals surface area contributed by atoms with Gasteiger partial charge in [-0.25, -0.2) is 6.07 Å². The van der Waals surface area contributed by atoms with Crippen LogP contribution in [0.25, 0.3) is 0 Å². The van der Waals surface area contributed by atoms with Crippen LogP contribution in [0.3, 0.4) is 0 Å². The quantitative estimate of drug-likeness (QED) is 0.592. The molecule has 1 aromatic heterocycles. The van der Waals surface area contributed by atoms with Crippen molar-refractivity contribution >= 4 is 5.69 Å². The molecule has 1 rings (SSSR count). The van der Waals surface area contributed by atoms with E-state index in [1.165, 1.54) is 6.20 Å². The summed E-state index contributed by atoms with van der Waals surface area (Å²) in [7, 11) is 0. The molecule has 2 N–H and O–H groups in total. The molecule has 0 amide bonds. The molecular weight excluding hydrogens is 177 g/mol. The van der Waals surface area contributed by atoms with Crippen LogP contribution in [0.4, 0.5) is 5.69 Å². The van der Waals surface area contributed by atoms with Gasteiger partial charge in [-0.3, -0.25) is 0 Å². The van der Waals surface area contributed by atoms with Crippen molar-refractivity contribution in [1.82, 2.24) is 4.98 Å². The van der Waals surface area contributed by atoms with Gasteiger partial charge in [-0.15, -0.1) is 5.69 Å². The fourth-order valence-electron chi connectivity index (χ4n) is 0.326. The Hall–Kier alpha value is 0.0539. The molecule has 3 heteroatoms. The van der Waals surface area contributed by atoms with Gasteiger partial charge in [0.25, 0.3) is 0 Å². The Morgan fingerprint density at radius 2 is 2.38 bits per heavy atom. The van der Waals surface area contributed by atoms with E-state index in [0.29, 0.717) is 5.69 Å². The van der Waals surface area contributed by atoms with Crippen LogP contribution < -0.4 is 5.73 Å². The number of hydrogen-bond donors (Lipinski definition) is 1. The molecule has 0 aliphatic heterocycles. The first-order valence-corrected chi connectivity index (χ1v) is 1.97. The summed E-state index contributed by atoms with van der Waals surface area (Å²) in [5, 5.41) is 0. The van der Waals surface area contributed by atoms with Gasteiger partial charge < -0.3 is 10.7 Å². The number of pyridine rings is 1. The van der Waals surface area contributed by atoms with E-state index in [9.17, 15) is 0 Å². The molecule has 2 nitrogen and oxygen atoms in total. The van der Waals surface area contributed by atoms with Crippen molar-refractivity contribution in [2.24, 2.45) is 0 Å². The summed E-state index contributed by atoms with van der Waals surface area (Å²) >= 11 is 0. The van der Waals surface area contributed by atoms with E-state index in [2.05, 4.69) is 11.1 Å². The fourth-order valence-corrected chi connectivity index (χ4v) is 0.326. The van der Waals surface area contributed by atoms with Gasteiger partial charge in [0.05, 0.1) is 0 Å². The first-order valence-electron chi connectivity index (χ1n) is 1.97. The predicted molar refractivity (Wildman–Crippen MR) is 27.5 cm³/mol. The molecular formula is C5H5N2Y-. The molecule has 0 bridgehead atoms. The third-order valence-corrected chi connectivity index (χ3v) is 0.646. The van der Waals surface area contributed by atoms with Crippen LogP contribution >= 0.6 is 0 Å². The first kappa shape index (κ1) is 8.05. The molecule has 0 spiro atoms. The predicted octanol–water partition coefficient (Wildman–Crippen LogP) is 0.461. The first-order chi connectivity index (χ1) is 3.39. The molecule has 0 aliphatic carbocycles. The van der Waals surface area contributed by atoms with Crippen LogP contribution in [0.2, 0.25) is 0 Å². The zero-order chi connectivity index (χ0) is 5.11. The number of nitrogen functional groups attached to an aromatic ring is 1. The van der Waals surface area contributed by atoms with Crippen LogP contribution in [0.1, 0.15) is 0 Å². The second kappa shape index (κ2) is 3.99. The maximum Gasteiger partial charge on any atom is 0 e. The summed E-state index contributed by atoms with van der Waals surface area (Å²) in [6.07, 6.45) is 3.17. The van der Waals surface area contributed by atoms with Crippen molar-refractivity contribution in [3.8, 4) is 0 Å². The summed E-state index contributed by atoms with van der Waals surface area (Å²) in [4.78, 5) is 3.71. The Morgan fingerprint density at radius 1 is 1.62 bits per heavy atom. The smallest absolute Gasteiger partial charge is 0 e. The normalized spacial score (nSPS) is 7.50. The van der Waals surface area contributed by atoms with Crippen molar-refractivity contribution in [2.75, 3.05) is 5.73 Å². The Bertz CT molecular complexity index is 140. The van der Waals surface area contributed by atoms with Gasteiger partial charge in [0, 0.05) is 32.7 Å². The number of rotatable bonds is 0. The maximum absolute atomic E-state index is 5.26. The van der Waals surface area contributed by atoms with Gasteiger partial charge in [-0.1, -0.05) is 12.4 Å². The van der Waals surface area contributed by atoms with Gasteiger partial charge >= 0.3 is 0 Å². The summed E-state index contributed by atoms with van der Waals surface area (Å²) in [6.45, 7) is 0. The van der Waals surface area contributed by atoms with E-state index in [-0.39, 0.29) is 32.7 Å². The van der Waals surface area contributed by atoms with Crippen molar-refractivity contribution in [3.63, 3.8) is 0 Å². The molecule has 0 saturated carbocycles. The van der Waals surface area contributed by atoms with Crippen LogP contribution in [-0.2, 0) is 32.7 Å². The van der Waals surface area contributed by atoms with E-state index in [4.69, 9.17) is 5.73 Å². The molecule has 0 atom stereocenters. The second-order valence-corrected chi connectivity index (χ2v) is 1.19. The fraction of sp³-hybridized carbons (Fsp3) is 0. The maximum atomic E-state index is 5.26. The Kier molecular flexibility index (Phi) is 4.01. The Labute approximate surface area is 73.4 Å². The summed E-state index contributed by atoms with van der Waals surface area (Å²) < 4.78 is 0. The average Bonchev–Trinajstić information content (AvgIpc) is 1.69. The van der Waals surface area contributed by atoms with E-state index in [1.54, 1.807) is 12.3 Å². The minimum atomic E-state index is 0. The molecule has 0 saturated heterocycles. The third kappa shape index (κ3) is 2.38. The van der Waals surface area contributed by atoms with Gasteiger partial charge in [-0.2, -0.15) is 6.07 Å². The second-order valence-electron chi connectivity index (χ2n) is 1.19.